The third kappa shape index (κ3) is 3.38. The second-order valence-electron chi connectivity index (χ2n) is 2.94. The molecule has 0 saturated heterocycles. The quantitative estimate of drug-likeness (QED) is 0.550. The number of hydrogen-bond acceptors (Lipinski definition) is 1. The highest BCUT2D eigenvalue weighted by Gasteiger charge is 1.91. The second kappa shape index (κ2) is 5.66. The summed E-state index contributed by atoms with van der Waals surface area (Å²) in [4.78, 5) is 6.47. The van der Waals surface area contributed by atoms with Crippen molar-refractivity contribution in [3.05, 3.63) is 29.3 Å². The molecule has 0 unspecified atom stereocenters. The van der Waals surface area contributed by atoms with Crippen molar-refractivity contribution in [2.75, 3.05) is 13.1 Å². The molecule has 0 N–H and O–H groups in total. The Hall–Kier alpha value is -1.02. The molecule has 2 nitrogen and oxygen atoms in total. The van der Waals surface area contributed by atoms with Crippen molar-refractivity contribution in [2.45, 2.75) is 13.8 Å². The summed E-state index contributed by atoms with van der Waals surface area (Å²) in [5.41, 5.74) is 0.932. The lowest BCUT2D eigenvalue weighted by Gasteiger charge is -2.13. The monoisotopic (exact) mass is 210 g/mol. The van der Waals surface area contributed by atoms with Crippen LogP contribution in [0.4, 0.5) is 5.69 Å². The predicted octanol–water partition coefficient (Wildman–Crippen LogP) is 3.34. The summed E-state index contributed by atoms with van der Waals surface area (Å²) in [5.74, 6) is 0. The van der Waals surface area contributed by atoms with Gasteiger partial charge in [-0.05, 0) is 38.1 Å². The minimum absolute atomic E-state index is 0.742. The van der Waals surface area contributed by atoms with Gasteiger partial charge in [0, 0.05) is 18.1 Å². The van der Waals surface area contributed by atoms with E-state index in [9.17, 15) is 0 Å². The Morgan fingerprint density at radius 1 is 1.21 bits per heavy atom. The highest BCUT2D eigenvalue weighted by Crippen LogP contribution is 2.15. The minimum Gasteiger partial charge on any atom is -0.363 e. The lowest BCUT2D eigenvalue weighted by molar-refractivity contribution is 0.480. The van der Waals surface area contributed by atoms with Gasteiger partial charge in [0.1, 0.15) is 0 Å². The average Bonchev–Trinajstić information content (AvgIpc) is 2.22. The van der Waals surface area contributed by atoms with E-state index in [0.717, 1.165) is 23.8 Å². The van der Waals surface area contributed by atoms with Crippen LogP contribution in [-0.2, 0) is 0 Å². The van der Waals surface area contributed by atoms with Crippen molar-refractivity contribution in [3.8, 4) is 0 Å². The first kappa shape index (κ1) is 11.1. The van der Waals surface area contributed by atoms with Gasteiger partial charge in [-0.25, -0.2) is 4.99 Å². The lowest BCUT2D eigenvalue weighted by atomic mass is 10.3. The van der Waals surface area contributed by atoms with Crippen molar-refractivity contribution in [2.24, 2.45) is 4.99 Å². The van der Waals surface area contributed by atoms with Gasteiger partial charge in [0.2, 0.25) is 0 Å². The molecule has 0 spiro atoms. The molecule has 0 aliphatic rings. The molecule has 0 aliphatic carbocycles. The number of rotatable bonds is 4. The molecular weight excluding hydrogens is 196 g/mol. The summed E-state index contributed by atoms with van der Waals surface area (Å²) < 4.78 is 0. The largest absolute Gasteiger partial charge is 0.363 e. The average molecular weight is 211 g/mol. The number of nitrogens with zero attached hydrogens (tertiary/aromatic N) is 2. The predicted molar refractivity (Wildman–Crippen MR) is 62.5 cm³/mol. The van der Waals surface area contributed by atoms with E-state index in [4.69, 9.17) is 11.6 Å². The van der Waals surface area contributed by atoms with Crippen LogP contribution in [0.3, 0.4) is 0 Å². The molecule has 0 fully saturated rings. The smallest absolute Gasteiger partial charge is 0.0912 e. The zero-order valence-electron chi connectivity index (χ0n) is 8.57. The Balaban J connectivity index is 2.63. The Morgan fingerprint density at radius 2 is 1.79 bits per heavy atom. The highest BCUT2D eigenvalue weighted by molar-refractivity contribution is 6.30. The molecule has 0 atom stereocenters. The van der Waals surface area contributed by atoms with Crippen LogP contribution < -0.4 is 0 Å². The van der Waals surface area contributed by atoms with Crippen molar-refractivity contribution in [3.63, 3.8) is 0 Å². The van der Waals surface area contributed by atoms with Crippen LogP contribution in [0.15, 0.2) is 29.3 Å². The summed E-state index contributed by atoms with van der Waals surface area (Å²) in [6.45, 7) is 6.18. The van der Waals surface area contributed by atoms with Gasteiger partial charge in [-0.15, -0.1) is 0 Å². The molecule has 0 aliphatic heterocycles. The summed E-state index contributed by atoms with van der Waals surface area (Å²) in [6.07, 6.45) is 1.86. The van der Waals surface area contributed by atoms with E-state index in [1.807, 2.05) is 30.6 Å². The molecule has 1 aromatic rings. The molecule has 76 valence electrons. The van der Waals surface area contributed by atoms with Gasteiger partial charge >= 0.3 is 0 Å². The fraction of sp³-hybridized carbons (Fsp3) is 0.364. The summed E-state index contributed by atoms with van der Waals surface area (Å²) in [7, 11) is 0. The van der Waals surface area contributed by atoms with Crippen LogP contribution in [0.25, 0.3) is 0 Å². The normalized spacial score (nSPS) is 10.8. The zero-order valence-corrected chi connectivity index (χ0v) is 9.33. The molecule has 0 amide bonds. The van der Waals surface area contributed by atoms with Gasteiger partial charge in [0.25, 0.3) is 0 Å². The van der Waals surface area contributed by atoms with Gasteiger partial charge in [-0.1, -0.05) is 11.6 Å². The van der Waals surface area contributed by atoms with Crippen molar-refractivity contribution < 1.29 is 0 Å². The molecule has 0 bridgehead atoms. The summed E-state index contributed by atoms with van der Waals surface area (Å²) in [6, 6.07) is 7.50. The zero-order chi connectivity index (χ0) is 10.4. The third-order valence-electron chi connectivity index (χ3n) is 2.01. The SMILES string of the molecule is CCN(C=Nc1ccc(Cl)cc1)CC. The van der Waals surface area contributed by atoms with Gasteiger partial charge in [-0.3, -0.25) is 0 Å². The third-order valence-corrected chi connectivity index (χ3v) is 2.26. The number of benzene rings is 1. The molecule has 1 aromatic carbocycles. The molecular formula is C11H15ClN2. The topological polar surface area (TPSA) is 15.6 Å². The van der Waals surface area contributed by atoms with Crippen LogP contribution in [0.2, 0.25) is 5.02 Å². The van der Waals surface area contributed by atoms with Gasteiger partial charge in [0.15, 0.2) is 0 Å². The fourth-order valence-electron chi connectivity index (χ4n) is 1.06. The standard InChI is InChI=1S/C11H15ClN2/c1-3-14(4-2)9-13-11-7-5-10(12)6-8-11/h5-9H,3-4H2,1-2H3. The summed E-state index contributed by atoms with van der Waals surface area (Å²) >= 11 is 5.77. The second-order valence-corrected chi connectivity index (χ2v) is 3.38. The fourth-order valence-corrected chi connectivity index (χ4v) is 1.19. The van der Waals surface area contributed by atoms with Crippen LogP contribution in [-0.4, -0.2) is 24.3 Å². The molecule has 0 heterocycles. The maximum absolute atomic E-state index is 5.77. The van der Waals surface area contributed by atoms with Crippen molar-refractivity contribution in [1.82, 2.24) is 4.90 Å². The molecule has 0 saturated carbocycles. The molecule has 0 radical (unpaired) electrons. The van der Waals surface area contributed by atoms with Crippen LogP contribution >= 0.6 is 11.6 Å². The first-order valence-corrected chi connectivity index (χ1v) is 5.17. The Bertz CT molecular complexity index is 289. The first-order valence-electron chi connectivity index (χ1n) is 4.80. The lowest BCUT2D eigenvalue weighted by Crippen LogP contribution is -2.20. The Labute approximate surface area is 90.2 Å². The van der Waals surface area contributed by atoms with E-state index in [1.165, 1.54) is 0 Å². The van der Waals surface area contributed by atoms with Gasteiger partial charge < -0.3 is 4.90 Å². The molecule has 14 heavy (non-hydrogen) atoms. The molecule has 0 aromatic heterocycles. The number of hydrogen-bond donors (Lipinski definition) is 0. The first-order chi connectivity index (χ1) is 6.76. The Morgan fingerprint density at radius 3 is 2.29 bits per heavy atom. The maximum atomic E-state index is 5.77. The van der Waals surface area contributed by atoms with E-state index in [2.05, 4.69) is 23.7 Å². The van der Waals surface area contributed by atoms with E-state index in [0.29, 0.717) is 0 Å². The van der Waals surface area contributed by atoms with E-state index < -0.39 is 0 Å². The summed E-state index contributed by atoms with van der Waals surface area (Å²) in [5, 5.41) is 0.742. The minimum atomic E-state index is 0.742. The van der Waals surface area contributed by atoms with E-state index in [1.54, 1.807) is 0 Å². The maximum Gasteiger partial charge on any atom is 0.0912 e. The van der Waals surface area contributed by atoms with Crippen LogP contribution in [0.5, 0.6) is 0 Å². The Kier molecular flexibility index (Phi) is 4.47. The van der Waals surface area contributed by atoms with E-state index in [-0.39, 0.29) is 0 Å². The van der Waals surface area contributed by atoms with Crippen molar-refractivity contribution >= 4 is 23.6 Å². The van der Waals surface area contributed by atoms with Gasteiger partial charge in [0.05, 0.1) is 12.0 Å². The van der Waals surface area contributed by atoms with E-state index >= 15 is 0 Å². The number of halogens is 1. The van der Waals surface area contributed by atoms with Gasteiger partial charge in [-0.2, -0.15) is 0 Å². The number of aliphatic imine (C=N–C) groups is 1. The van der Waals surface area contributed by atoms with Crippen LogP contribution in [0.1, 0.15) is 13.8 Å². The van der Waals surface area contributed by atoms with Crippen molar-refractivity contribution in [1.29, 1.82) is 0 Å². The van der Waals surface area contributed by atoms with Crippen LogP contribution in [0, 0.1) is 0 Å². The molecule has 1 rings (SSSR count). The highest BCUT2D eigenvalue weighted by atomic mass is 35.5. The molecule has 3 heteroatoms.